The van der Waals surface area contributed by atoms with Gasteiger partial charge in [-0.15, -0.1) is 0 Å². The summed E-state index contributed by atoms with van der Waals surface area (Å²) in [4.78, 5) is 10.5. The molecule has 0 fully saturated rings. The second-order valence-electron chi connectivity index (χ2n) is 2.93. The lowest BCUT2D eigenvalue weighted by atomic mass is 10.1. The van der Waals surface area contributed by atoms with E-state index in [0.29, 0.717) is 0 Å². The fourth-order valence-corrected chi connectivity index (χ4v) is 1.36. The summed E-state index contributed by atoms with van der Waals surface area (Å²) in [5.41, 5.74) is 6.07. The average molecular weight is 305 g/mol. The smallest absolute Gasteiger partial charge is 0.320 e. The minimum atomic E-state index is -1.04. The van der Waals surface area contributed by atoms with Crippen molar-refractivity contribution in [1.82, 2.24) is 0 Å². The first-order valence-corrected chi connectivity index (χ1v) is 5.04. The van der Waals surface area contributed by atoms with Crippen molar-refractivity contribution >= 4 is 28.6 Å². The molecule has 0 aliphatic carbocycles. The Hall–Kier alpha value is -0.820. The number of hydrogen-bond donors (Lipinski definition) is 3. The lowest BCUT2D eigenvalue weighted by molar-refractivity contribution is -0.138. The van der Waals surface area contributed by atoms with E-state index >= 15 is 0 Å². The van der Waals surface area contributed by atoms with Gasteiger partial charge in [0.1, 0.15) is 11.8 Å². The monoisotopic (exact) mass is 305 g/mol. The van der Waals surface area contributed by atoms with Crippen LogP contribution in [0.5, 0.6) is 5.75 Å². The Morgan fingerprint density at radius 3 is 2.71 bits per heavy atom. The summed E-state index contributed by atoms with van der Waals surface area (Å²) >= 11 is 1.99. The summed E-state index contributed by atoms with van der Waals surface area (Å²) in [7, 11) is 0. The molecule has 0 radical (unpaired) electrons. The Kier molecular flexibility index (Phi) is 3.70. The molecule has 0 aliphatic rings. The fourth-order valence-electron chi connectivity index (χ4n) is 1.03. The first kappa shape index (κ1) is 11.3. The first-order valence-electron chi connectivity index (χ1n) is 3.96. The molecule has 14 heavy (non-hydrogen) atoms. The molecular weight excluding hydrogens is 295 g/mol. The standard InChI is InChI=1S/C9H10INO3/c10-6-2-1-5(4-8(6)12)3-7(11)9(13)14/h1-2,4,7,12H,3,11H2,(H,13,14)/t7-/m0/s1/i10-2. The maximum Gasteiger partial charge on any atom is 0.320 e. The quantitative estimate of drug-likeness (QED) is 0.726. The van der Waals surface area contributed by atoms with Crippen molar-refractivity contribution in [2.45, 2.75) is 12.5 Å². The molecule has 1 rings (SSSR count). The van der Waals surface area contributed by atoms with Crippen molar-refractivity contribution in [3.63, 3.8) is 0 Å². The van der Waals surface area contributed by atoms with Crippen molar-refractivity contribution in [1.29, 1.82) is 0 Å². The van der Waals surface area contributed by atoms with Crippen LogP contribution in [-0.4, -0.2) is 22.2 Å². The third-order valence-corrected chi connectivity index (χ3v) is 2.70. The van der Waals surface area contributed by atoms with E-state index in [1.54, 1.807) is 12.1 Å². The molecule has 4 N–H and O–H groups in total. The summed E-state index contributed by atoms with van der Waals surface area (Å²) in [6.45, 7) is 0. The van der Waals surface area contributed by atoms with E-state index in [9.17, 15) is 9.90 Å². The lowest BCUT2D eigenvalue weighted by Gasteiger charge is -2.07. The third-order valence-electron chi connectivity index (χ3n) is 1.78. The summed E-state index contributed by atoms with van der Waals surface area (Å²) in [6, 6.07) is 4.09. The van der Waals surface area contributed by atoms with Crippen LogP contribution in [0.2, 0.25) is 0 Å². The number of carbonyl (C=O) groups is 1. The van der Waals surface area contributed by atoms with Crippen LogP contribution in [0, 0.1) is 3.57 Å². The molecule has 4 nitrogen and oxygen atoms in total. The van der Waals surface area contributed by atoms with Gasteiger partial charge in [-0.05, 0) is 46.7 Å². The number of nitrogens with two attached hydrogens (primary N) is 1. The summed E-state index contributed by atoms with van der Waals surface area (Å²) in [6.07, 6.45) is 0.222. The molecule has 0 saturated heterocycles. The molecule has 0 aliphatic heterocycles. The molecule has 1 aromatic rings. The maximum atomic E-state index is 10.5. The van der Waals surface area contributed by atoms with E-state index < -0.39 is 12.0 Å². The SMILES string of the molecule is N[C@@H](Cc1ccc([125I])c(O)c1)C(=O)O. The molecular formula is C9H10INO3. The molecule has 0 unspecified atom stereocenters. The summed E-state index contributed by atoms with van der Waals surface area (Å²) in [5.74, 6) is -0.885. The summed E-state index contributed by atoms with van der Waals surface area (Å²) in [5, 5.41) is 17.9. The minimum absolute atomic E-state index is 0.153. The number of phenols is 1. The first-order chi connectivity index (χ1) is 6.50. The molecule has 1 atom stereocenters. The van der Waals surface area contributed by atoms with Crippen molar-refractivity contribution in [2.24, 2.45) is 5.73 Å². The van der Waals surface area contributed by atoms with Gasteiger partial charge in [0, 0.05) is 0 Å². The van der Waals surface area contributed by atoms with Gasteiger partial charge in [0.25, 0.3) is 0 Å². The lowest BCUT2D eigenvalue weighted by Crippen LogP contribution is -2.32. The topological polar surface area (TPSA) is 83.5 Å². The minimum Gasteiger partial charge on any atom is -0.507 e. The normalized spacial score (nSPS) is 12.4. The number of phenolic OH excluding ortho intramolecular Hbond substituents is 1. The molecule has 0 amide bonds. The molecule has 1 aromatic carbocycles. The fraction of sp³-hybridized carbons (Fsp3) is 0.222. The third kappa shape index (κ3) is 2.85. The Bertz CT molecular complexity index is 354. The zero-order valence-electron chi connectivity index (χ0n) is 7.27. The van der Waals surface area contributed by atoms with E-state index in [0.717, 1.165) is 9.13 Å². The van der Waals surface area contributed by atoms with Crippen molar-refractivity contribution in [3.05, 3.63) is 27.3 Å². The molecule has 0 bridgehead atoms. The number of aromatic hydroxyl groups is 1. The van der Waals surface area contributed by atoms with Crippen LogP contribution in [0.15, 0.2) is 18.2 Å². The van der Waals surface area contributed by atoms with Gasteiger partial charge >= 0.3 is 5.97 Å². The van der Waals surface area contributed by atoms with Gasteiger partial charge in [-0.2, -0.15) is 0 Å². The van der Waals surface area contributed by atoms with Crippen molar-refractivity contribution in [3.8, 4) is 5.75 Å². The highest BCUT2D eigenvalue weighted by Crippen LogP contribution is 2.20. The number of aliphatic carboxylic acids is 1. The van der Waals surface area contributed by atoms with Crippen LogP contribution >= 0.6 is 22.6 Å². The number of carboxylic acids is 1. The van der Waals surface area contributed by atoms with E-state index in [1.807, 2.05) is 22.6 Å². The van der Waals surface area contributed by atoms with E-state index in [-0.39, 0.29) is 12.2 Å². The summed E-state index contributed by atoms with van der Waals surface area (Å²) < 4.78 is 0.732. The Morgan fingerprint density at radius 1 is 1.57 bits per heavy atom. The van der Waals surface area contributed by atoms with Gasteiger partial charge in [-0.3, -0.25) is 4.79 Å². The predicted octanol–water partition coefficient (Wildman–Crippen LogP) is 0.951. The van der Waals surface area contributed by atoms with Crippen LogP contribution in [0.1, 0.15) is 5.56 Å². The van der Waals surface area contributed by atoms with Crippen molar-refractivity contribution < 1.29 is 15.0 Å². The van der Waals surface area contributed by atoms with Crippen LogP contribution in [0.25, 0.3) is 0 Å². The average Bonchev–Trinajstić information content (AvgIpc) is 2.11. The second kappa shape index (κ2) is 4.61. The van der Waals surface area contributed by atoms with Crippen LogP contribution in [0.3, 0.4) is 0 Å². The van der Waals surface area contributed by atoms with Gasteiger partial charge in [-0.25, -0.2) is 0 Å². The zero-order chi connectivity index (χ0) is 10.7. The maximum absolute atomic E-state index is 10.5. The predicted molar refractivity (Wildman–Crippen MR) is 60.1 cm³/mol. The molecule has 0 aromatic heterocycles. The number of halogens is 1. The van der Waals surface area contributed by atoms with E-state index in [4.69, 9.17) is 10.8 Å². The van der Waals surface area contributed by atoms with Gasteiger partial charge in [-0.1, -0.05) is 6.07 Å². The second-order valence-corrected chi connectivity index (χ2v) is 4.10. The zero-order valence-corrected chi connectivity index (χ0v) is 9.43. The Labute approximate surface area is 94.9 Å². The van der Waals surface area contributed by atoms with Crippen molar-refractivity contribution in [2.75, 3.05) is 0 Å². The molecule has 0 heterocycles. The van der Waals surface area contributed by atoms with E-state index in [2.05, 4.69) is 0 Å². The highest BCUT2D eigenvalue weighted by Gasteiger charge is 2.12. The molecule has 0 spiro atoms. The van der Waals surface area contributed by atoms with Gasteiger partial charge in [0.05, 0.1) is 3.57 Å². The van der Waals surface area contributed by atoms with Gasteiger partial charge in [0.2, 0.25) is 0 Å². The van der Waals surface area contributed by atoms with Crippen LogP contribution < -0.4 is 5.73 Å². The number of carboxylic acid groups (broad SMARTS) is 1. The number of hydrogen-bond acceptors (Lipinski definition) is 3. The Morgan fingerprint density at radius 2 is 2.21 bits per heavy atom. The Balaban J connectivity index is 2.78. The van der Waals surface area contributed by atoms with E-state index in [1.165, 1.54) is 6.07 Å². The molecule has 76 valence electrons. The highest BCUT2D eigenvalue weighted by molar-refractivity contribution is 14.1. The van der Waals surface area contributed by atoms with Gasteiger partial charge < -0.3 is 15.9 Å². The van der Waals surface area contributed by atoms with Crippen LogP contribution in [0.4, 0.5) is 0 Å². The highest BCUT2D eigenvalue weighted by atomic mass is 125. The molecule has 0 saturated carbocycles. The molecule has 5 heteroatoms. The largest absolute Gasteiger partial charge is 0.507 e. The number of rotatable bonds is 3. The van der Waals surface area contributed by atoms with Gasteiger partial charge in [0.15, 0.2) is 0 Å². The van der Waals surface area contributed by atoms with Crippen LogP contribution in [-0.2, 0) is 11.2 Å². The number of benzene rings is 1.